The average Bonchev–Trinajstić information content (AvgIpc) is 3.13. The maximum absolute atomic E-state index is 13.1. The second-order valence-electron chi connectivity index (χ2n) is 6.85. The highest BCUT2D eigenvalue weighted by Crippen LogP contribution is 2.38. The fraction of sp³-hybridized carbons (Fsp3) is 0.529. The second-order valence-corrected chi connectivity index (χ2v) is 8.74. The Hall–Kier alpha value is -1.93. The maximum atomic E-state index is 13.1. The van der Waals surface area contributed by atoms with Crippen LogP contribution in [0.3, 0.4) is 0 Å². The molecule has 0 spiro atoms. The molecule has 3 rings (SSSR count). The first-order valence-electron chi connectivity index (χ1n) is 8.41. The van der Waals surface area contributed by atoms with E-state index in [9.17, 15) is 8.42 Å². The van der Waals surface area contributed by atoms with Gasteiger partial charge in [0.1, 0.15) is 12.1 Å². The Morgan fingerprint density at radius 3 is 2.48 bits per heavy atom. The number of hydrogen-bond acceptors (Lipinski definition) is 5. The summed E-state index contributed by atoms with van der Waals surface area (Å²) in [6.07, 6.45) is 2.36. The van der Waals surface area contributed by atoms with Crippen molar-refractivity contribution in [3.05, 3.63) is 36.4 Å². The molecule has 1 fully saturated rings. The topological polar surface area (TPSA) is 77.3 Å². The molecule has 2 heterocycles. The molecule has 1 aliphatic heterocycles. The van der Waals surface area contributed by atoms with Crippen LogP contribution in [-0.4, -0.2) is 40.1 Å². The summed E-state index contributed by atoms with van der Waals surface area (Å²) in [5, 5.41) is 4.31. The van der Waals surface area contributed by atoms with Crippen LogP contribution in [0.25, 0.3) is 0 Å². The number of rotatable bonds is 5. The van der Waals surface area contributed by atoms with Crippen molar-refractivity contribution in [3.8, 4) is 5.75 Å². The van der Waals surface area contributed by atoms with Crippen molar-refractivity contribution in [1.29, 1.82) is 0 Å². The lowest BCUT2D eigenvalue weighted by Crippen LogP contribution is -2.31. The van der Waals surface area contributed by atoms with Crippen molar-refractivity contribution in [2.45, 2.75) is 44.2 Å². The summed E-state index contributed by atoms with van der Waals surface area (Å²) in [5.74, 6) is 1.47. The van der Waals surface area contributed by atoms with Gasteiger partial charge in [0.15, 0.2) is 5.82 Å². The van der Waals surface area contributed by atoms with Gasteiger partial charge in [-0.3, -0.25) is 4.68 Å². The highest BCUT2D eigenvalue weighted by Gasteiger charge is 2.41. The lowest BCUT2D eigenvalue weighted by atomic mass is 10.1. The van der Waals surface area contributed by atoms with Crippen molar-refractivity contribution in [2.24, 2.45) is 13.0 Å². The molecule has 0 unspecified atom stereocenters. The van der Waals surface area contributed by atoms with Gasteiger partial charge in [-0.15, -0.1) is 0 Å². The largest absolute Gasteiger partial charge is 0.491 e. The van der Waals surface area contributed by atoms with Crippen LogP contribution in [0.4, 0.5) is 0 Å². The Balaban J connectivity index is 1.89. The fourth-order valence-electron chi connectivity index (χ4n) is 3.11. The van der Waals surface area contributed by atoms with E-state index in [0.29, 0.717) is 18.1 Å². The van der Waals surface area contributed by atoms with E-state index in [4.69, 9.17) is 4.74 Å². The fourth-order valence-corrected chi connectivity index (χ4v) is 4.83. The minimum Gasteiger partial charge on any atom is -0.491 e. The van der Waals surface area contributed by atoms with Crippen molar-refractivity contribution < 1.29 is 13.2 Å². The van der Waals surface area contributed by atoms with Gasteiger partial charge in [-0.05, 0) is 50.5 Å². The monoisotopic (exact) mass is 364 g/mol. The van der Waals surface area contributed by atoms with Gasteiger partial charge in [0.25, 0.3) is 0 Å². The Morgan fingerprint density at radius 2 is 1.92 bits per heavy atom. The Bertz CT molecular complexity index is 830. The summed E-state index contributed by atoms with van der Waals surface area (Å²) in [6, 6.07) is 6.26. The molecule has 0 radical (unpaired) electrons. The molecule has 0 saturated carbocycles. The third kappa shape index (κ3) is 3.69. The van der Waals surface area contributed by atoms with E-state index in [1.54, 1.807) is 42.3 Å². The van der Waals surface area contributed by atoms with Gasteiger partial charge in [-0.25, -0.2) is 13.4 Å². The number of aryl methyl sites for hydroxylation is 1. The molecule has 8 heteroatoms. The van der Waals surface area contributed by atoms with E-state index in [-0.39, 0.29) is 23.0 Å². The van der Waals surface area contributed by atoms with Crippen LogP contribution < -0.4 is 4.74 Å². The van der Waals surface area contributed by atoms with Crippen LogP contribution in [0.2, 0.25) is 0 Å². The molecule has 1 aromatic carbocycles. The number of aromatic nitrogens is 3. The molecule has 1 aromatic heterocycles. The van der Waals surface area contributed by atoms with Crippen molar-refractivity contribution in [3.63, 3.8) is 0 Å². The molecule has 0 aliphatic carbocycles. The van der Waals surface area contributed by atoms with E-state index in [2.05, 4.69) is 10.1 Å². The molecule has 25 heavy (non-hydrogen) atoms. The summed E-state index contributed by atoms with van der Waals surface area (Å²) in [4.78, 5) is 4.52. The third-order valence-electron chi connectivity index (χ3n) is 4.18. The summed E-state index contributed by atoms with van der Waals surface area (Å²) >= 11 is 0. The lowest BCUT2D eigenvalue weighted by Gasteiger charge is -2.22. The highest BCUT2D eigenvalue weighted by atomic mass is 32.2. The highest BCUT2D eigenvalue weighted by molar-refractivity contribution is 7.89. The van der Waals surface area contributed by atoms with Crippen LogP contribution in [0, 0.1) is 5.92 Å². The summed E-state index contributed by atoms with van der Waals surface area (Å²) < 4.78 is 35.0. The summed E-state index contributed by atoms with van der Waals surface area (Å²) in [7, 11) is -1.84. The maximum Gasteiger partial charge on any atom is 0.243 e. The van der Waals surface area contributed by atoms with E-state index < -0.39 is 10.0 Å². The SMILES string of the molecule is CC(C)Oc1ccc(S(=O)(=O)N2C[C@@H](C)C[C@@H]2c2ncn(C)n2)cc1. The predicted molar refractivity (Wildman–Crippen MR) is 93.6 cm³/mol. The van der Waals surface area contributed by atoms with Crippen molar-refractivity contribution in [1.82, 2.24) is 19.1 Å². The Labute approximate surface area is 148 Å². The summed E-state index contributed by atoms with van der Waals surface area (Å²) in [5.41, 5.74) is 0. The van der Waals surface area contributed by atoms with Crippen LogP contribution in [0.5, 0.6) is 5.75 Å². The third-order valence-corrected chi connectivity index (χ3v) is 6.07. The molecular weight excluding hydrogens is 340 g/mol. The Morgan fingerprint density at radius 1 is 1.24 bits per heavy atom. The number of sulfonamides is 1. The quantitative estimate of drug-likeness (QED) is 0.814. The van der Waals surface area contributed by atoms with Gasteiger partial charge in [-0.1, -0.05) is 6.92 Å². The number of ether oxygens (including phenoxy) is 1. The van der Waals surface area contributed by atoms with Crippen LogP contribution in [0.1, 0.15) is 39.1 Å². The van der Waals surface area contributed by atoms with E-state index in [0.717, 1.165) is 6.42 Å². The van der Waals surface area contributed by atoms with Crippen LogP contribution >= 0.6 is 0 Å². The van der Waals surface area contributed by atoms with Gasteiger partial charge in [0.2, 0.25) is 10.0 Å². The molecule has 2 aromatic rings. The second kappa shape index (κ2) is 6.76. The van der Waals surface area contributed by atoms with Gasteiger partial charge < -0.3 is 4.74 Å². The van der Waals surface area contributed by atoms with E-state index in [1.807, 2.05) is 20.8 Å². The molecule has 1 aliphatic rings. The van der Waals surface area contributed by atoms with E-state index in [1.165, 1.54) is 4.31 Å². The first-order valence-corrected chi connectivity index (χ1v) is 9.85. The van der Waals surface area contributed by atoms with Crippen molar-refractivity contribution in [2.75, 3.05) is 6.54 Å². The zero-order chi connectivity index (χ0) is 18.2. The minimum absolute atomic E-state index is 0.0431. The lowest BCUT2D eigenvalue weighted by molar-refractivity contribution is 0.242. The zero-order valence-electron chi connectivity index (χ0n) is 15.0. The smallest absolute Gasteiger partial charge is 0.243 e. The number of nitrogens with zero attached hydrogens (tertiary/aromatic N) is 4. The van der Waals surface area contributed by atoms with Crippen molar-refractivity contribution >= 4 is 10.0 Å². The molecule has 0 bridgehead atoms. The minimum atomic E-state index is -3.62. The average molecular weight is 364 g/mol. The van der Waals surface area contributed by atoms with Gasteiger partial charge in [0.05, 0.1) is 17.0 Å². The van der Waals surface area contributed by atoms with E-state index >= 15 is 0 Å². The molecule has 0 N–H and O–H groups in total. The standard InChI is InChI=1S/C17H24N4O3S/c1-12(2)24-14-5-7-15(8-6-14)25(22,23)21-10-13(3)9-16(21)17-18-11-20(4)19-17/h5-8,11-13,16H,9-10H2,1-4H3/t13-,16+/m0/s1. The molecular formula is C17H24N4O3S. The summed E-state index contributed by atoms with van der Waals surface area (Å²) in [6.45, 7) is 6.38. The predicted octanol–water partition coefficient (Wildman–Crippen LogP) is 2.37. The number of benzene rings is 1. The number of hydrogen-bond donors (Lipinski definition) is 0. The van der Waals surface area contributed by atoms with Gasteiger partial charge in [0, 0.05) is 13.6 Å². The first-order chi connectivity index (χ1) is 11.8. The molecule has 136 valence electrons. The molecule has 2 atom stereocenters. The Kier molecular flexibility index (Phi) is 4.83. The molecule has 7 nitrogen and oxygen atoms in total. The molecule has 1 saturated heterocycles. The van der Waals surface area contributed by atoms with Crippen LogP contribution in [-0.2, 0) is 17.1 Å². The first kappa shape index (κ1) is 17.9. The van der Waals surface area contributed by atoms with Gasteiger partial charge >= 0.3 is 0 Å². The normalized spacial score (nSPS) is 21.8. The van der Waals surface area contributed by atoms with Crippen LogP contribution in [0.15, 0.2) is 35.5 Å². The molecule has 0 amide bonds. The van der Waals surface area contributed by atoms with Gasteiger partial charge in [-0.2, -0.15) is 9.40 Å². The zero-order valence-corrected chi connectivity index (χ0v) is 15.8.